The fourth-order valence-electron chi connectivity index (χ4n) is 3.47. The van der Waals surface area contributed by atoms with Gasteiger partial charge in [0.2, 0.25) is 0 Å². The maximum Gasteiger partial charge on any atom is 0.135 e. The number of morpholine rings is 1. The first-order valence-corrected chi connectivity index (χ1v) is 8.86. The number of anilines is 1. The van der Waals surface area contributed by atoms with E-state index in [1.807, 2.05) is 6.07 Å². The van der Waals surface area contributed by atoms with Gasteiger partial charge < -0.3 is 15.0 Å². The number of aromatic nitrogens is 2. The Hall–Kier alpha value is -1.69. The Morgan fingerprint density at radius 2 is 1.76 bits per heavy atom. The fourth-order valence-corrected chi connectivity index (χ4v) is 3.47. The van der Waals surface area contributed by atoms with Gasteiger partial charge in [-0.05, 0) is 18.5 Å². The van der Waals surface area contributed by atoms with Crippen molar-refractivity contribution >= 4 is 18.2 Å². The Morgan fingerprint density at radius 3 is 2.56 bits per heavy atom. The van der Waals surface area contributed by atoms with Crippen molar-refractivity contribution in [2.75, 3.05) is 44.3 Å². The van der Waals surface area contributed by atoms with Crippen molar-refractivity contribution in [1.29, 1.82) is 0 Å². The van der Waals surface area contributed by atoms with Crippen LogP contribution in [-0.2, 0) is 24.0 Å². The average molecular weight is 361 g/mol. The molecule has 2 aliphatic heterocycles. The van der Waals surface area contributed by atoms with Gasteiger partial charge in [-0.25, -0.2) is 9.97 Å². The molecule has 5 nitrogen and oxygen atoms in total. The number of fused-ring (bicyclic) bond motifs is 1. The molecule has 0 amide bonds. The van der Waals surface area contributed by atoms with Crippen LogP contribution < -0.4 is 10.2 Å². The molecular weight excluding hydrogens is 336 g/mol. The van der Waals surface area contributed by atoms with Crippen LogP contribution in [0.5, 0.6) is 0 Å². The van der Waals surface area contributed by atoms with Gasteiger partial charge in [-0.1, -0.05) is 30.3 Å². The van der Waals surface area contributed by atoms with Gasteiger partial charge in [0, 0.05) is 38.0 Å². The molecular formula is C19H25ClN4O. The third-order valence-corrected chi connectivity index (χ3v) is 4.72. The lowest BCUT2D eigenvalue weighted by Gasteiger charge is -2.30. The molecule has 2 aliphatic rings. The molecule has 1 saturated heterocycles. The lowest BCUT2D eigenvalue weighted by atomic mass is 10.1. The van der Waals surface area contributed by atoms with Crippen LogP contribution in [0.2, 0.25) is 0 Å². The maximum absolute atomic E-state index is 5.52. The highest BCUT2D eigenvalue weighted by Gasteiger charge is 2.22. The molecule has 2 aromatic rings. The van der Waals surface area contributed by atoms with Crippen molar-refractivity contribution in [3.05, 3.63) is 53.0 Å². The Balaban J connectivity index is 0.00000182. The molecule has 0 bridgehead atoms. The summed E-state index contributed by atoms with van der Waals surface area (Å²) < 4.78 is 5.52. The highest BCUT2D eigenvalue weighted by atomic mass is 35.5. The number of nitrogens with zero attached hydrogens (tertiary/aromatic N) is 3. The number of nitrogens with one attached hydrogen (secondary N) is 1. The largest absolute Gasteiger partial charge is 0.378 e. The zero-order valence-electron chi connectivity index (χ0n) is 14.4. The fraction of sp³-hybridized carbons (Fsp3) is 0.474. The summed E-state index contributed by atoms with van der Waals surface area (Å²) in [6.07, 6.45) is 2.78. The SMILES string of the molecule is Cl.c1ccc(Cc2nc3c(c(N4CCOCC4)n2)CCNCC3)cc1. The number of hydrogen-bond donors (Lipinski definition) is 1. The minimum Gasteiger partial charge on any atom is -0.378 e. The smallest absolute Gasteiger partial charge is 0.135 e. The predicted octanol–water partition coefficient (Wildman–Crippen LogP) is 2.01. The molecule has 1 aromatic carbocycles. The van der Waals surface area contributed by atoms with E-state index >= 15 is 0 Å². The van der Waals surface area contributed by atoms with E-state index in [-0.39, 0.29) is 12.4 Å². The highest BCUT2D eigenvalue weighted by Crippen LogP contribution is 2.25. The van der Waals surface area contributed by atoms with Crippen LogP contribution in [0.3, 0.4) is 0 Å². The quantitative estimate of drug-likeness (QED) is 0.907. The standard InChI is InChI=1S/C19H24N4O.ClH/c1-2-4-15(5-3-1)14-18-21-17-7-9-20-8-6-16(17)19(22-18)23-10-12-24-13-11-23;/h1-5,20H,6-14H2;1H. The third kappa shape index (κ3) is 4.29. The number of hydrogen-bond acceptors (Lipinski definition) is 5. The molecule has 0 aliphatic carbocycles. The van der Waals surface area contributed by atoms with Crippen molar-refractivity contribution in [1.82, 2.24) is 15.3 Å². The first kappa shape index (κ1) is 18.1. The van der Waals surface area contributed by atoms with Gasteiger partial charge in [-0.3, -0.25) is 0 Å². The van der Waals surface area contributed by atoms with Crippen molar-refractivity contribution in [2.45, 2.75) is 19.3 Å². The van der Waals surface area contributed by atoms with Gasteiger partial charge in [0.25, 0.3) is 0 Å². The van der Waals surface area contributed by atoms with E-state index in [4.69, 9.17) is 14.7 Å². The summed E-state index contributed by atoms with van der Waals surface area (Å²) in [4.78, 5) is 12.3. The molecule has 0 atom stereocenters. The number of halogens is 1. The second kappa shape index (κ2) is 8.61. The molecule has 0 spiro atoms. The molecule has 0 unspecified atom stereocenters. The molecule has 25 heavy (non-hydrogen) atoms. The number of ether oxygens (including phenoxy) is 1. The second-order valence-electron chi connectivity index (χ2n) is 6.40. The van der Waals surface area contributed by atoms with Crippen molar-refractivity contribution in [2.24, 2.45) is 0 Å². The number of benzene rings is 1. The highest BCUT2D eigenvalue weighted by molar-refractivity contribution is 5.85. The van der Waals surface area contributed by atoms with E-state index in [1.165, 1.54) is 16.8 Å². The third-order valence-electron chi connectivity index (χ3n) is 4.72. The van der Waals surface area contributed by atoms with E-state index in [0.717, 1.165) is 70.3 Å². The van der Waals surface area contributed by atoms with Crippen LogP contribution in [0.4, 0.5) is 5.82 Å². The second-order valence-corrected chi connectivity index (χ2v) is 6.40. The van der Waals surface area contributed by atoms with E-state index < -0.39 is 0 Å². The maximum atomic E-state index is 5.52. The molecule has 1 N–H and O–H groups in total. The molecule has 6 heteroatoms. The first-order valence-electron chi connectivity index (χ1n) is 8.86. The molecule has 134 valence electrons. The van der Waals surface area contributed by atoms with Crippen LogP contribution in [0.25, 0.3) is 0 Å². The summed E-state index contributed by atoms with van der Waals surface area (Å²) in [6, 6.07) is 10.5. The predicted molar refractivity (Wildman–Crippen MR) is 102 cm³/mol. The summed E-state index contributed by atoms with van der Waals surface area (Å²) in [6.45, 7) is 5.41. The van der Waals surface area contributed by atoms with Crippen LogP contribution in [0.15, 0.2) is 30.3 Å². The van der Waals surface area contributed by atoms with Crippen molar-refractivity contribution in [3.8, 4) is 0 Å². The van der Waals surface area contributed by atoms with E-state index in [1.54, 1.807) is 0 Å². The molecule has 0 radical (unpaired) electrons. The van der Waals surface area contributed by atoms with Crippen LogP contribution in [-0.4, -0.2) is 49.4 Å². The Kier molecular flexibility index (Phi) is 6.24. The van der Waals surface area contributed by atoms with Gasteiger partial charge in [0.05, 0.1) is 18.9 Å². The van der Waals surface area contributed by atoms with E-state index in [2.05, 4.69) is 34.5 Å². The van der Waals surface area contributed by atoms with Crippen LogP contribution in [0, 0.1) is 0 Å². The van der Waals surface area contributed by atoms with Gasteiger partial charge in [-0.15, -0.1) is 12.4 Å². The van der Waals surface area contributed by atoms with E-state index in [0.29, 0.717) is 0 Å². The summed E-state index contributed by atoms with van der Waals surface area (Å²) in [5.74, 6) is 2.07. The Morgan fingerprint density at radius 1 is 1.00 bits per heavy atom. The molecule has 1 aromatic heterocycles. The Labute approximate surface area is 155 Å². The normalized spacial score (nSPS) is 17.4. The summed E-state index contributed by atoms with van der Waals surface area (Å²) >= 11 is 0. The average Bonchev–Trinajstić information content (AvgIpc) is 2.88. The van der Waals surface area contributed by atoms with Crippen LogP contribution >= 0.6 is 12.4 Å². The topological polar surface area (TPSA) is 50.3 Å². The van der Waals surface area contributed by atoms with Crippen molar-refractivity contribution in [3.63, 3.8) is 0 Å². The molecule has 3 heterocycles. The lowest BCUT2D eigenvalue weighted by Crippen LogP contribution is -2.38. The van der Waals surface area contributed by atoms with Gasteiger partial charge in [-0.2, -0.15) is 0 Å². The summed E-state index contributed by atoms with van der Waals surface area (Å²) in [5, 5.41) is 3.48. The zero-order chi connectivity index (χ0) is 16.2. The zero-order valence-corrected chi connectivity index (χ0v) is 15.2. The minimum atomic E-state index is 0. The summed E-state index contributed by atoms with van der Waals surface area (Å²) in [5.41, 5.74) is 3.82. The molecule has 1 fully saturated rings. The first-order chi connectivity index (χ1) is 11.9. The minimum absolute atomic E-state index is 0. The van der Waals surface area contributed by atoms with Gasteiger partial charge >= 0.3 is 0 Å². The monoisotopic (exact) mass is 360 g/mol. The molecule has 4 rings (SSSR count). The van der Waals surface area contributed by atoms with Crippen LogP contribution in [0.1, 0.15) is 22.6 Å². The lowest BCUT2D eigenvalue weighted by molar-refractivity contribution is 0.122. The molecule has 0 saturated carbocycles. The van der Waals surface area contributed by atoms with E-state index in [9.17, 15) is 0 Å². The van der Waals surface area contributed by atoms with Gasteiger partial charge in [0.1, 0.15) is 11.6 Å². The van der Waals surface area contributed by atoms with Gasteiger partial charge in [0.15, 0.2) is 0 Å². The Bertz CT molecular complexity index is 689. The summed E-state index contributed by atoms with van der Waals surface area (Å²) in [7, 11) is 0. The van der Waals surface area contributed by atoms with Crippen molar-refractivity contribution < 1.29 is 4.74 Å². The number of rotatable bonds is 3.